The number of aryl methyl sites for hydroxylation is 1. The molecule has 1 amide bonds. The smallest absolute Gasteiger partial charge is 0.266 e. The Morgan fingerprint density at radius 1 is 1.16 bits per heavy atom. The summed E-state index contributed by atoms with van der Waals surface area (Å²) in [5.74, 6) is 0.0624. The van der Waals surface area contributed by atoms with Crippen LogP contribution in [0.25, 0.3) is 11.8 Å². The summed E-state index contributed by atoms with van der Waals surface area (Å²) >= 11 is 18.3. The summed E-state index contributed by atoms with van der Waals surface area (Å²) in [7, 11) is 1.58. The van der Waals surface area contributed by atoms with Crippen LogP contribution >= 0.6 is 34.8 Å². The minimum atomic E-state index is -0.586. The van der Waals surface area contributed by atoms with Gasteiger partial charge in [-0.3, -0.25) is 4.79 Å². The molecule has 0 radical (unpaired) electrons. The number of hydrogen-bond acceptors (Lipinski definition) is 3. The maximum absolute atomic E-state index is 12.7. The monoisotopic (exact) mass is 473 g/mol. The highest BCUT2D eigenvalue weighted by Gasteiger charge is 2.17. The first-order chi connectivity index (χ1) is 14.8. The summed E-state index contributed by atoms with van der Waals surface area (Å²) in [6.07, 6.45) is 1.53. The molecule has 1 aromatic heterocycles. The van der Waals surface area contributed by atoms with Crippen molar-refractivity contribution in [3.05, 3.63) is 80.1 Å². The van der Waals surface area contributed by atoms with Gasteiger partial charge >= 0.3 is 0 Å². The molecule has 0 atom stereocenters. The topological polar surface area (TPSA) is 67.0 Å². The molecule has 1 N–H and O–H groups in total. The number of halogens is 3. The van der Waals surface area contributed by atoms with E-state index >= 15 is 0 Å². The lowest BCUT2D eigenvalue weighted by molar-refractivity contribution is -0.112. The van der Waals surface area contributed by atoms with Crippen molar-refractivity contribution in [3.8, 4) is 17.5 Å². The van der Waals surface area contributed by atoms with Gasteiger partial charge in [0.15, 0.2) is 0 Å². The van der Waals surface area contributed by atoms with Crippen molar-refractivity contribution in [2.75, 3.05) is 12.4 Å². The number of nitrogens with zero attached hydrogens (tertiary/aromatic N) is 2. The average Bonchev–Trinajstić information content (AvgIpc) is 3.02. The summed E-state index contributed by atoms with van der Waals surface area (Å²) in [6.45, 7) is 3.81. The number of rotatable bonds is 5. The Balaban J connectivity index is 2.00. The molecule has 2 aromatic carbocycles. The predicted molar refractivity (Wildman–Crippen MR) is 125 cm³/mol. The Morgan fingerprint density at radius 2 is 1.90 bits per heavy atom. The Labute approximate surface area is 195 Å². The highest BCUT2D eigenvalue weighted by molar-refractivity contribution is 6.44. The van der Waals surface area contributed by atoms with E-state index in [0.717, 1.165) is 17.1 Å². The summed E-state index contributed by atoms with van der Waals surface area (Å²) in [6, 6.07) is 14.0. The van der Waals surface area contributed by atoms with Gasteiger partial charge in [-0.05, 0) is 61.9 Å². The van der Waals surface area contributed by atoms with Crippen LogP contribution < -0.4 is 10.1 Å². The lowest BCUT2D eigenvalue weighted by Gasteiger charge is -2.14. The first-order valence-corrected chi connectivity index (χ1v) is 10.3. The number of carbonyl (C=O) groups is 1. The van der Waals surface area contributed by atoms with E-state index in [2.05, 4.69) is 5.32 Å². The van der Waals surface area contributed by atoms with Gasteiger partial charge < -0.3 is 14.6 Å². The van der Waals surface area contributed by atoms with Crippen molar-refractivity contribution >= 4 is 52.5 Å². The molecule has 0 unspecified atom stereocenters. The zero-order chi connectivity index (χ0) is 22.7. The van der Waals surface area contributed by atoms with Crippen LogP contribution in [0.4, 0.5) is 5.69 Å². The summed E-state index contributed by atoms with van der Waals surface area (Å²) in [5, 5.41) is 13.3. The highest BCUT2D eigenvalue weighted by atomic mass is 35.5. The number of carbonyl (C=O) groups excluding carboxylic acids is 1. The lowest BCUT2D eigenvalue weighted by atomic mass is 10.1. The SMILES string of the molecule is COc1ccc(Cl)cc1-n1c(C)cc(/C=C(/C#N)C(=O)Nc2cccc(Cl)c2Cl)c1C. The van der Waals surface area contributed by atoms with Gasteiger partial charge in [0.1, 0.15) is 17.4 Å². The first-order valence-electron chi connectivity index (χ1n) is 9.16. The molecule has 0 aliphatic rings. The van der Waals surface area contributed by atoms with Crippen molar-refractivity contribution in [2.45, 2.75) is 13.8 Å². The van der Waals surface area contributed by atoms with Gasteiger partial charge in [-0.2, -0.15) is 5.26 Å². The number of ether oxygens (including phenoxy) is 1. The maximum atomic E-state index is 12.7. The predicted octanol–water partition coefficient (Wildman–Crippen LogP) is 6.61. The first kappa shape index (κ1) is 22.8. The molecular weight excluding hydrogens is 457 g/mol. The van der Waals surface area contributed by atoms with Crippen LogP contribution in [0.2, 0.25) is 15.1 Å². The van der Waals surface area contributed by atoms with E-state index in [1.807, 2.05) is 30.6 Å². The molecule has 8 heteroatoms. The maximum Gasteiger partial charge on any atom is 0.266 e. The van der Waals surface area contributed by atoms with Crippen molar-refractivity contribution in [2.24, 2.45) is 0 Å². The number of hydrogen-bond donors (Lipinski definition) is 1. The van der Waals surface area contributed by atoms with Crippen LogP contribution in [0, 0.1) is 25.2 Å². The highest BCUT2D eigenvalue weighted by Crippen LogP contribution is 2.32. The second-order valence-corrected chi connectivity index (χ2v) is 7.92. The normalized spacial score (nSPS) is 11.2. The fourth-order valence-corrected chi connectivity index (χ4v) is 3.75. The van der Waals surface area contributed by atoms with E-state index in [-0.39, 0.29) is 10.6 Å². The van der Waals surface area contributed by atoms with Crippen LogP contribution in [-0.2, 0) is 4.79 Å². The Hall–Kier alpha value is -2.91. The van der Waals surface area contributed by atoms with Crippen molar-refractivity contribution < 1.29 is 9.53 Å². The quantitative estimate of drug-likeness (QED) is 0.334. The largest absolute Gasteiger partial charge is 0.495 e. The average molecular weight is 475 g/mol. The second kappa shape index (κ2) is 9.49. The molecule has 158 valence electrons. The standard InChI is InChI=1S/C23H18Cl3N3O2/c1-13-9-15(14(2)29(13)20-11-17(24)7-8-21(20)31-3)10-16(12-27)23(30)28-19-6-4-5-18(25)22(19)26/h4-11H,1-3H3,(H,28,30)/b16-10-. The molecule has 3 aromatic rings. The zero-order valence-electron chi connectivity index (χ0n) is 17.0. The Morgan fingerprint density at radius 3 is 2.58 bits per heavy atom. The minimum Gasteiger partial charge on any atom is -0.495 e. The number of nitriles is 1. The van der Waals surface area contributed by atoms with Crippen LogP contribution in [0.1, 0.15) is 17.0 Å². The van der Waals surface area contributed by atoms with Crippen LogP contribution in [0.5, 0.6) is 5.75 Å². The summed E-state index contributed by atoms with van der Waals surface area (Å²) in [4.78, 5) is 12.7. The van der Waals surface area contributed by atoms with Crippen molar-refractivity contribution in [1.29, 1.82) is 5.26 Å². The van der Waals surface area contributed by atoms with Crippen LogP contribution in [0.3, 0.4) is 0 Å². The number of amides is 1. The van der Waals surface area contributed by atoms with E-state index < -0.39 is 5.91 Å². The molecule has 0 aliphatic heterocycles. The van der Waals surface area contributed by atoms with Gasteiger partial charge in [0, 0.05) is 16.4 Å². The Bertz CT molecular complexity index is 1240. The molecule has 5 nitrogen and oxygen atoms in total. The molecule has 1 heterocycles. The van der Waals surface area contributed by atoms with Crippen molar-refractivity contribution in [3.63, 3.8) is 0 Å². The third-order valence-electron chi connectivity index (χ3n) is 4.72. The third kappa shape index (κ3) is 4.72. The molecule has 0 saturated carbocycles. The van der Waals surface area contributed by atoms with Crippen LogP contribution in [-0.4, -0.2) is 17.6 Å². The number of nitrogens with one attached hydrogen (secondary N) is 1. The molecule has 3 rings (SSSR count). The fourth-order valence-electron chi connectivity index (χ4n) is 3.24. The van der Waals surface area contributed by atoms with E-state index in [1.165, 1.54) is 6.08 Å². The Kier molecular flexibility index (Phi) is 6.97. The van der Waals surface area contributed by atoms with Gasteiger partial charge in [-0.15, -0.1) is 0 Å². The number of aromatic nitrogens is 1. The second-order valence-electron chi connectivity index (χ2n) is 6.70. The number of anilines is 1. The summed E-state index contributed by atoms with van der Waals surface area (Å²) in [5.41, 5.74) is 3.44. The fraction of sp³-hybridized carbons (Fsp3) is 0.130. The number of methoxy groups -OCH3 is 1. The molecular formula is C23H18Cl3N3O2. The van der Waals surface area contributed by atoms with Gasteiger partial charge in [0.25, 0.3) is 5.91 Å². The molecule has 0 aliphatic carbocycles. The summed E-state index contributed by atoms with van der Waals surface area (Å²) < 4.78 is 7.42. The lowest BCUT2D eigenvalue weighted by Crippen LogP contribution is -2.13. The van der Waals surface area contributed by atoms with Gasteiger partial charge in [-0.1, -0.05) is 40.9 Å². The van der Waals surface area contributed by atoms with E-state index in [0.29, 0.717) is 27.0 Å². The van der Waals surface area contributed by atoms with E-state index in [1.54, 1.807) is 43.5 Å². The minimum absolute atomic E-state index is 0.0747. The van der Waals surface area contributed by atoms with Crippen molar-refractivity contribution in [1.82, 2.24) is 4.57 Å². The van der Waals surface area contributed by atoms with Gasteiger partial charge in [0.2, 0.25) is 0 Å². The molecule has 0 bridgehead atoms. The molecule has 0 fully saturated rings. The van der Waals surface area contributed by atoms with E-state index in [4.69, 9.17) is 39.5 Å². The van der Waals surface area contributed by atoms with Gasteiger partial charge in [0.05, 0.1) is 28.5 Å². The zero-order valence-corrected chi connectivity index (χ0v) is 19.2. The molecule has 0 saturated heterocycles. The van der Waals surface area contributed by atoms with E-state index in [9.17, 15) is 10.1 Å². The molecule has 31 heavy (non-hydrogen) atoms. The van der Waals surface area contributed by atoms with Crippen LogP contribution in [0.15, 0.2) is 48.0 Å². The number of benzene rings is 2. The van der Waals surface area contributed by atoms with Gasteiger partial charge in [-0.25, -0.2) is 0 Å². The third-order valence-corrected chi connectivity index (χ3v) is 5.77. The molecule has 0 spiro atoms.